The zero-order valence-corrected chi connectivity index (χ0v) is 9.90. The van der Waals surface area contributed by atoms with Gasteiger partial charge in [0.15, 0.2) is 11.6 Å². The van der Waals surface area contributed by atoms with Gasteiger partial charge < -0.3 is 0 Å². The maximum Gasteiger partial charge on any atom is 0.159 e. The fourth-order valence-corrected chi connectivity index (χ4v) is 1.96. The van der Waals surface area contributed by atoms with Crippen LogP contribution in [-0.2, 0) is 0 Å². The summed E-state index contributed by atoms with van der Waals surface area (Å²) in [6.45, 7) is 0. The molecular weight excluding hydrogens is 246 g/mol. The minimum atomic E-state index is -0.843. The zero-order chi connectivity index (χ0) is 13.2. The lowest BCUT2D eigenvalue weighted by molar-refractivity contribution is 0.509. The Morgan fingerprint density at radius 2 is 1.58 bits per heavy atom. The van der Waals surface area contributed by atoms with Crippen molar-refractivity contribution in [1.82, 2.24) is 10.2 Å². The standard InChI is InChI=1S/C15H10F2N2/c16-13-5-4-11(9-14(13)17)10-2-1-3-12(8-10)15-6-7-18-19-15/h1-9H,(H,18,19). The van der Waals surface area contributed by atoms with Crippen LogP contribution in [0.4, 0.5) is 8.78 Å². The number of aromatic amines is 1. The molecular formula is C15H10F2N2. The first-order chi connectivity index (χ1) is 9.24. The van der Waals surface area contributed by atoms with Crippen LogP contribution in [0.2, 0.25) is 0 Å². The Hall–Kier alpha value is -2.49. The smallest absolute Gasteiger partial charge is 0.159 e. The number of aromatic nitrogens is 2. The summed E-state index contributed by atoms with van der Waals surface area (Å²) in [7, 11) is 0. The van der Waals surface area contributed by atoms with Crippen molar-refractivity contribution < 1.29 is 8.78 Å². The number of rotatable bonds is 2. The summed E-state index contributed by atoms with van der Waals surface area (Å²) in [5.41, 5.74) is 3.29. The number of hydrogen-bond acceptors (Lipinski definition) is 1. The quantitative estimate of drug-likeness (QED) is 0.737. The van der Waals surface area contributed by atoms with Gasteiger partial charge in [0.05, 0.1) is 5.69 Å². The Morgan fingerprint density at radius 3 is 2.32 bits per heavy atom. The molecule has 0 atom stereocenters. The average molecular weight is 256 g/mol. The molecule has 0 fully saturated rings. The SMILES string of the molecule is Fc1ccc(-c2cccc(-c3ccn[nH]3)c2)cc1F. The van der Waals surface area contributed by atoms with Crippen molar-refractivity contribution in [2.75, 3.05) is 0 Å². The molecule has 1 N–H and O–H groups in total. The van der Waals surface area contributed by atoms with Gasteiger partial charge in [-0.1, -0.05) is 24.3 Å². The molecule has 4 heteroatoms. The number of nitrogens with zero attached hydrogens (tertiary/aromatic N) is 1. The number of nitrogens with one attached hydrogen (secondary N) is 1. The van der Waals surface area contributed by atoms with Crippen LogP contribution in [0.15, 0.2) is 54.7 Å². The lowest BCUT2D eigenvalue weighted by atomic mass is 10.0. The van der Waals surface area contributed by atoms with Gasteiger partial charge in [0.25, 0.3) is 0 Å². The molecule has 0 saturated carbocycles. The molecule has 0 saturated heterocycles. The number of halogens is 2. The van der Waals surface area contributed by atoms with Gasteiger partial charge in [-0.25, -0.2) is 8.78 Å². The number of hydrogen-bond donors (Lipinski definition) is 1. The Balaban J connectivity index is 2.06. The molecule has 0 spiro atoms. The van der Waals surface area contributed by atoms with Crippen LogP contribution in [-0.4, -0.2) is 10.2 Å². The molecule has 19 heavy (non-hydrogen) atoms. The molecule has 0 radical (unpaired) electrons. The highest BCUT2D eigenvalue weighted by atomic mass is 19.2. The van der Waals surface area contributed by atoms with E-state index in [1.165, 1.54) is 6.07 Å². The van der Waals surface area contributed by atoms with Gasteiger partial charge in [-0.15, -0.1) is 0 Å². The van der Waals surface area contributed by atoms with Gasteiger partial charge in [0.2, 0.25) is 0 Å². The second kappa shape index (κ2) is 4.65. The number of H-pyrrole nitrogens is 1. The molecule has 0 aliphatic heterocycles. The third-order valence-corrected chi connectivity index (χ3v) is 2.93. The monoisotopic (exact) mass is 256 g/mol. The largest absolute Gasteiger partial charge is 0.278 e. The number of benzene rings is 2. The molecule has 3 aromatic rings. The van der Waals surface area contributed by atoms with E-state index in [1.807, 2.05) is 30.3 Å². The summed E-state index contributed by atoms with van der Waals surface area (Å²) in [5, 5.41) is 6.76. The van der Waals surface area contributed by atoms with Crippen LogP contribution < -0.4 is 0 Å². The average Bonchev–Trinajstić information content (AvgIpc) is 2.96. The van der Waals surface area contributed by atoms with Crippen LogP contribution in [0.25, 0.3) is 22.4 Å². The van der Waals surface area contributed by atoms with Gasteiger partial charge >= 0.3 is 0 Å². The fourth-order valence-electron chi connectivity index (χ4n) is 1.96. The van der Waals surface area contributed by atoms with Crippen LogP contribution in [0.3, 0.4) is 0 Å². The first kappa shape index (κ1) is 11.6. The summed E-state index contributed by atoms with van der Waals surface area (Å²) in [5.74, 6) is -1.68. The summed E-state index contributed by atoms with van der Waals surface area (Å²) in [6, 6.07) is 13.3. The Morgan fingerprint density at radius 1 is 0.789 bits per heavy atom. The molecule has 0 amide bonds. The van der Waals surface area contributed by atoms with E-state index < -0.39 is 11.6 Å². The van der Waals surface area contributed by atoms with Crippen molar-refractivity contribution in [3.8, 4) is 22.4 Å². The molecule has 0 unspecified atom stereocenters. The Labute approximate surface area is 108 Å². The first-order valence-electron chi connectivity index (χ1n) is 5.79. The maximum atomic E-state index is 13.2. The van der Waals surface area contributed by atoms with E-state index in [2.05, 4.69) is 10.2 Å². The highest BCUT2D eigenvalue weighted by Crippen LogP contribution is 2.26. The molecule has 2 nitrogen and oxygen atoms in total. The van der Waals surface area contributed by atoms with Gasteiger partial charge in [-0.2, -0.15) is 5.10 Å². The molecule has 0 aliphatic rings. The van der Waals surface area contributed by atoms with E-state index in [-0.39, 0.29) is 0 Å². The second-order valence-electron chi connectivity index (χ2n) is 4.18. The van der Waals surface area contributed by atoms with Crippen molar-refractivity contribution >= 4 is 0 Å². The van der Waals surface area contributed by atoms with Crippen molar-refractivity contribution in [3.05, 3.63) is 66.4 Å². The van der Waals surface area contributed by atoms with Crippen LogP contribution in [0, 0.1) is 11.6 Å². The molecule has 3 rings (SSSR count). The van der Waals surface area contributed by atoms with E-state index >= 15 is 0 Å². The molecule has 1 aromatic heterocycles. The topological polar surface area (TPSA) is 28.7 Å². The minimum absolute atomic E-state index is 0.639. The van der Waals surface area contributed by atoms with Crippen molar-refractivity contribution in [1.29, 1.82) is 0 Å². The summed E-state index contributed by atoms with van der Waals surface area (Å²) in [6.07, 6.45) is 1.67. The van der Waals surface area contributed by atoms with Crippen molar-refractivity contribution in [3.63, 3.8) is 0 Å². The van der Waals surface area contributed by atoms with Gasteiger partial charge in [0, 0.05) is 11.8 Å². The van der Waals surface area contributed by atoms with Gasteiger partial charge in [-0.3, -0.25) is 5.10 Å². The predicted octanol–water partition coefficient (Wildman–Crippen LogP) is 4.02. The Kier molecular flexibility index (Phi) is 2.83. The van der Waals surface area contributed by atoms with E-state index in [0.717, 1.165) is 22.9 Å². The van der Waals surface area contributed by atoms with Crippen LogP contribution in [0.1, 0.15) is 0 Å². The van der Waals surface area contributed by atoms with E-state index in [9.17, 15) is 8.78 Å². The summed E-state index contributed by atoms with van der Waals surface area (Å²) < 4.78 is 26.2. The van der Waals surface area contributed by atoms with Crippen LogP contribution in [0.5, 0.6) is 0 Å². The third-order valence-electron chi connectivity index (χ3n) is 2.93. The fraction of sp³-hybridized carbons (Fsp3) is 0. The lowest BCUT2D eigenvalue weighted by Crippen LogP contribution is -1.86. The predicted molar refractivity (Wildman–Crippen MR) is 69.4 cm³/mol. The normalized spacial score (nSPS) is 10.6. The van der Waals surface area contributed by atoms with Crippen molar-refractivity contribution in [2.24, 2.45) is 0 Å². The second-order valence-corrected chi connectivity index (χ2v) is 4.18. The van der Waals surface area contributed by atoms with Gasteiger partial charge in [-0.05, 0) is 35.4 Å². The molecule has 0 aliphatic carbocycles. The molecule has 2 aromatic carbocycles. The van der Waals surface area contributed by atoms with E-state index in [1.54, 1.807) is 12.3 Å². The summed E-state index contributed by atoms with van der Waals surface area (Å²) in [4.78, 5) is 0. The van der Waals surface area contributed by atoms with Gasteiger partial charge in [0.1, 0.15) is 0 Å². The van der Waals surface area contributed by atoms with Crippen molar-refractivity contribution in [2.45, 2.75) is 0 Å². The van der Waals surface area contributed by atoms with E-state index in [4.69, 9.17) is 0 Å². The molecule has 1 heterocycles. The highest BCUT2D eigenvalue weighted by Gasteiger charge is 2.06. The lowest BCUT2D eigenvalue weighted by Gasteiger charge is -2.05. The molecule has 0 bridgehead atoms. The molecule has 94 valence electrons. The first-order valence-corrected chi connectivity index (χ1v) is 5.79. The zero-order valence-electron chi connectivity index (χ0n) is 9.90. The van der Waals surface area contributed by atoms with Crippen LogP contribution >= 0.6 is 0 Å². The third kappa shape index (κ3) is 2.25. The minimum Gasteiger partial charge on any atom is -0.278 e. The Bertz CT molecular complexity index is 706. The summed E-state index contributed by atoms with van der Waals surface area (Å²) >= 11 is 0. The maximum absolute atomic E-state index is 13.2. The van der Waals surface area contributed by atoms with E-state index in [0.29, 0.717) is 5.56 Å². The highest BCUT2D eigenvalue weighted by molar-refractivity contribution is 5.71.